The van der Waals surface area contributed by atoms with E-state index in [4.69, 9.17) is 4.74 Å². The van der Waals surface area contributed by atoms with Gasteiger partial charge in [-0.25, -0.2) is 0 Å². The van der Waals surface area contributed by atoms with Gasteiger partial charge >= 0.3 is 0 Å². The number of carbonyl (C=O) groups is 1. The average molecular weight is 325 g/mol. The summed E-state index contributed by atoms with van der Waals surface area (Å²) < 4.78 is 5.70. The first-order chi connectivity index (χ1) is 11.7. The van der Waals surface area contributed by atoms with E-state index in [1.165, 1.54) is 0 Å². The molecule has 1 saturated heterocycles. The summed E-state index contributed by atoms with van der Waals surface area (Å²) in [6.45, 7) is 3.29. The fourth-order valence-electron chi connectivity index (χ4n) is 3.26. The van der Waals surface area contributed by atoms with Gasteiger partial charge in [-0.3, -0.25) is 4.79 Å². The normalized spacial score (nSPS) is 17.1. The number of benzene rings is 2. The SMILES string of the molecule is CCOc1ccccc1-c1cccc(C(=O)N2CCC[C@@H]2CO)c1. The minimum Gasteiger partial charge on any atom is -0.493 e. The van der Waals surface area contributed by atoms with Crippen molar-refractivity contribution in [3.8, 4) is 16.9 Å². The molecule has 0 spiro atoms. The largest absolute Gasteiger partial charge is 0.493 e. The van der Waals surface area contributed by atoms with E-state index < -0.39 is 0 Å². The van der Waals surface area contributed by atoms with Crippen molar-refractivity contribution in [1.82, 2.24) is 4.90 Å². The van der Waals surface area contributed by atoms with Crippen molar-refractivity contribution in [3.05, 3.63) is 54.1 Å². The Morgan fingerprint density at radius 2 is 2.08 bits per heavy atom. The van der Waals surface area contributed by atoms with Crippen LogP contribution in [0.5, 0.6) is 5.75 Å². The highest BCUT2D eigenvalue weighted by Crippen LogP contribution is 2.31. The lowest BCUT2D eigenvalue weighted by Crippen LogP contribution is -2.37. The van der Waals surface area contributed by atoms with Crippen molar-refractivity contribution in [2.24, 2.45) is 0 Å². The fourth-order valence-corrected chi connectivity index (χ4v) is 3.26. The second kappa shape index (κ2) is 7.49. The molecule has 0 bridgehead atoms. The van der Waals surface area contributed by atoms with E-state index in [9.17, 15) is 9.90 Å². The number of likely N-dealkylation sites (tertiary alicyclic amines) is 1. The summed E-state index contributed by atoms with van der Waals surface area (Å²) in [6.07, 6.45) is 1.82. The van der Waals surface area contributed by atoms with Crippen LogP contribution in [0.1, 0.15) is 30.1 Å². The van der Waals surface area contributed by atoms with E-state index in [-0.39, 0.29) is 18.6 Å². The molecule has 2 aromatic rings. The first kappa shape index (κ1) is 16.5. The molecule has 1 N–H and O–H groups in total. The van der Waals surface area contributed by atoms with Crippen LogP contribution < -0.4 is 4.74 Å². The number of carbonyl (C=O) groups excluding carboxylic acids is 1. The van der Waals surface area contributed by atoms with Crippen molar-refractivity contribution in [2.45, 2.75) is 25.8 Å². The Balaban J connectivity index is 1.91. The zero-order valence-corrected chi connectivity index (χ0v) is 13.9. The Bertz CT molecular complexity index is 714. The molecule has 0 unspecified atom stereocenters. The molecule has 4 heteroatoms. The monoisotopic (exact) mass is 325 g/mol. The molecule has 1 fully saturated rings. The minimum atomic E-state index is -0.0585. The predicted octanol–water partition coefficient (Wildman–Crippen LogP) is 3.35. The van der Waals surface area contributed by atoms with Gasteiger partial charge in [0.05, 0.1) is 19.3 Å². The zero-order chi connectivity index (χ0) is 16.9. The van der Waals surface area contributed by atoms with Crippen molar-refractivity contribution in [3.63, 3.8) is 0 Å². The van der Waals surface area contributed by atoms with Crippen LogP contribution in [0, 0.1) is 0 Å². The molecule has 0 saturated carbocycles. The average Bonchev–Trinajstić information content (AvgIpc) is 3.10. The van der Waals surface area contributed by atoms with Gasteiger partial charge in [-0.15, -0.1) is 0 Å². The number of amides is 1. The van der Waals surface area contributed by atoms with Gasteiger partial charge in [-0.05, 0) is 43.5 Å². The topological polar surface area (TPSA) is 49.8 Å². The van der Waals surface area contributed by atoms with Gasteiger partial charge in [0.1, 0.15) is 5.75 Å². The Morgan fingerprint density at radius 1 is 1.25 bits per heavy atom. The summed E-state index contributed by atoms with van der Waals surface area (Å²) in [4.78, 5) is 14.6. The number of hydrogen-bond acceptors (Lipinski definition) is 3. The van der Waals surface area contributed by atoms with Gasteiger partial charge in [0.15, 0.2) is 0 Å². The van der Waals surface area contributed by atoms with Crippen LogP contribution in [0.4, 0.5) is 0 Å². The maximum atomic E-state index is 12.8. The summed E-state index contributed by atoms with van der Waals surface area (Å²) in [5.41, 5.74) is 2.60. The van der Waals surface area contributed by atoms with Crippen LogP contribution in [0.15, 0.2) is 48.5 Å². The fraction of sp³-hybridized carbons (Fsp3) is 0.350. The molecule has 1 aliphatic heterocycles. The van der Waals surface area contributed by atoms with Gasteiger partial charge in [0, 0.05) is 17.7 Å². The van der Waals surface area contributed by atoms with Crippen LogP contribution in [0.25, 0.3) is 11.1 Å². The summed E-state index contributed by atoms with van der Waals surface area (Å²) in [5, 5.41) is 9.45. The molecule has 126 valence electrons. The van der Waals surface area contributed by atoms with Crippen LogP contribution >= 0.6 is 0 Å². The van der Waals surface area contributed by atoms with Crippen molar-refractivity contribution in [1.29, 1.82) is 0 Å². The molecule has 2 aromatic carbocycles. The number of aliphatic hydroxyl groups is 1. The van der Waals surface area contributed by atoms with Gasteiger partial charge in [-0.1, -0.05) is 30.3 Å². The minimum absolute atomic E-state index is 0.0118. The van der Waals surface area contributed by atoms with Gasteiger partial charge in [0.25, 0.3) is 5.91 Å². The third-order valence-electron chi connectivity index (χ3n) is 4.46. The molecule has 1 aliphatic rings. The molecule has 0 aromatic heterocycles. The van der Waals surface area contributed by atoms with E-state index in [2.05, 4.69) is 0 Å². The second-order valence-corrected chi connectivity index (χ2v) is 5.99. The van der Waals surface area contributed by atoms with Crippen molar-refractivity contribution in [2.75, 3.05) is 19.8 Å². The summed E-state index contributed by atoms with van der Waals surface area (Å²) >= 11 is 0. The van der Waals surface area contributed by atoms with E-state index >= 15 is 0 Å². The van der Waals surface area contributed by atoms with Crippen LogP contribution in [0.3, 0.4) is 0 Å². The van der Waals surface area contributed by atoms with Crippen LogP contribution in [-0.4, -0.2) is 41.7 Å². The van der Waals surface area contributed by atoms with E-state index in [0.29, 0.717) is 18.7 Å². The number of para-hydroxylation sites is 1. The quantitative estimate of drug-likeness (QED) is 0.917. The zero-order valence-electron chi connectivity index (χ0n) is 13.9. The lowest BCUT2D eigenvalue weighted by molar-refractivity contribution is 0.0677. The van der Waals surface area contributed by atoms with Gasteiger partial charge < -0.3 is 14.7 Å². The summed E-state index contributed by atoms with van der Waals surface area (Å²) in [6, 6.07) is 15.4. The smallest absolute Gasteiger partial charge is 0.254 e. The van der Waals surface area contributed by atoms with Crippen LogP contribution in [0.2, 0.25) is 0 Å². The third kappa shape index (κ3) is 3.29. The van der Waals surface area contributed by atoms with Gasteiger partial charge in [0.2, 0.25) is 0 Å². The Labute approximate surface area is 142 Å². The molecule has 1 heterocycles. The third-order valence-corrected chi connectivity index (χ3v) is 4.46. The van der Waals surface area contributed by atoms with Crippen molar-refractivity contribution < 1.29 is 14.6 Å². The highest BCUT2D eigenvalue weighted by atomic mass is 16.5. The second-order valence-electron chi connectivity index (χ2n) is 5.99. The number of hydrogen-bond donors (Lipinski definition) is 1. The number of ether oxygens (including phenoxy) is 1. The number of rotatable bonds is 5. The highest BCUT2D eigenvalue weighted by molar-refractivity contribution is 5.96. The van der Waals surface area contributed by atoms with E-state index in [1.54, 1.807) is 4.90 Å². The predicted molar refractivity (Wildman–Crippen MR) is 94.2 cm³/mol. The Kier molecular flexibility index (Phi) is 5.16. The van der Waals surface area contributed by atoms with Crippen LogP contribution in [-0.2, 0) is 0 Å². The molecular weight excluding hydrogens is 302 g/mol. The maximum absolute atomic E-state index is 12.8. The summed E-state index contributed by atoms with van der Waals surface area (Å²) in [7, 11) is 0. The molecule has 0 radical (unpaired) electrons. The molecule has 24 heavy (non-hydrogen) atoms. The van der Waals surface area contributed by atoms with Crippen molar-refractivity contribution >= 4 is 5.91 Å². The summed E-state index contributed by atoms with van der Waals surface area (Å²) in [5.74, 6) is 0.807. The lowest BCUT2D eigenvalue weighted by atomic mass is 10.0. The molecular formula is C20H23NO3. The van der Waals surface area contributed by atoms with Gasteiger partial charge in [-0.2, -0.15) is 0 Å². The van der Waals surface area contributed by atoms with E-state index in [1.807, 2.05) is 55.5 Å². The molecule has 1 atom stereocenters. The van der Waals surface area contributed by atoms with E-state index in [0.717, 1.165) is 29.7 Å². The number of nitrogens with zero attached hydrogens (tertiary/aromatic N) is 1. The molecule has 0 aliphatic carbocycles. The highest BCUT2D eigenvalue weighted by Gasteiger charge is 2.28. The Morgan fingerprint density at radius 3 is 2.88 bits per heavy atom. The first-order valence-electron chi connectivity index (χ1n) is 8.48. The maximum Gasteiger partial charge on any atom is 0.254 e. The lowest BCUT2D eigenvalue weighted by Gasteiger charge is -2.23. The Hall–Kier alpha value is -2.33. The first-order valence-corrected chi connectivity index (χ1v) is 8.48. The number of aliphatic hydroxyl groups excluding tert-OH is 1. The molecule has 3 rings (SSSR count). The standard InChI is InChI=1S/C20H23NO3/c1-2-24-19-11-4-3-10-18(19)15-7-5-8-16(13-15)20(23)21-12-6-9-17(21)14-22/h3-5,7-8,10-11,13,17,22H,2,6,9,12,14H2,1H3/t17-/m1/s1. The molecule has 4 nitrogen and oxygen atoms in total. The molecule has 1 amide bonds.